The second-order valence-electron chi connectivity index (χ2n) is 4.26. The summed E-state index contributed by atoms with van der Waals surface area (Å²) in [6, 6.07) is 5.73. The molecule has 0 aliphatic rings. The van der Waals surface area contributed by atoms with Gasteiger partial charge in [-0.05, 0) is 25.5 Å². The molecule has 1 aromatic rings. The molecule has 16 heavy (non-hydrogen) atoms. The van der Waals surface area contributed by atoms with Crippen LogP contribution in [0.3, 0.4) is 0 Å². The molecule has 88 valence electrons. The van der Waals surface area contributed by atoms with Gasteiger partial charge in [0.2, 0.25) is 0 Å². The lowest BCUT2D eigenvalue weighted by Gasteiger charge is -2.13. The number of Topliss-reactive ketones (excluding diaryl/α,β-unsaturated/α-hetero) is 1. The zero-order valence-electron chi connectivity index (χ0n) is 10.5. The third-order valence-electron chi connectivity index (χ3n) is 2.79. The molecule has 0 heterocycles. The number of aryl methyl sites for hydroxylation is 1. The minimum absolute atomic E-state index is 0.0701. The van der Waals surface area contributed by atoms with Gasteiger partial charge in [-0.3, -0.25) is 4.79 Å². The average molecular weight is 220 g/mol. The van der Waals surface area contributed by atoms with E-state index < -0.39 is 0 Å². The van der Waals surface area contributed by atoms with Crippen LogP contribution in [0.25, 0.3) is 0 Å². The number of carbonyl (C=O) groups excluding carboxylic acids is 1. The van der Waals surface area contributed by atoms with Gasteiger partial charge in [0.05, 0.1) is 12.7 Å². The first-order chi connectivity index (χ1) is 7.60. The Kier molecular flexibility index (Phi) is 4.53. The van der Waals surface area contributed by atoms with E-state index in [-0.39, 0.29) is 11.7 Å². The molecule has 0 saturated heterocycles. The second-order valence-corrected chi connectivity index (χ2v) is 4.26. The summed E-state index contributed by atoms with van der Waals surface area (Å²) in [4.78, 5) is 12.2. The van der Waals surface area contributed by atoms with Gasteiger partial charge in [0, 0.05) is 5.92 Å². The third-order valence-corrected chi connectivity index (χ3v) is 2.79. The van der Waals surface area contributed by atoms with Crippen LogP contribution in [0, 0.1) is 12.8 Å². The summed E-state index contributed by atoms with van der Waals surface area (Å²) in [5, 5.41) is 0. The van der Waals surface area contributed by atoms with Crippen LogP contribution < -0.4 is 4.74 Å². The first-order valence-electron chi connectivity index (χ1n) is 5.79. The Balaban J connectivity index is 3.01. The fourth-order valence-electron chi connectivity index (χ4n) is 1.84. The predicted octanol–water partition coefficient (Wildman–Crippen LogP) is 3.62. The van der Waals surface area contributed by atoms with Gasteiger partial charge in [-0.2, -0.15) is 0 Å². The lowest BCUT2D eigenvalue weighted by molar-refractivity contribution is 0.0920. The number of hydrogen-bond acceptors (Lipinski definition) is 2. The molecular formula is C14H20O2. The fourth-order valence-corrected chi connectivity index (χ4v) is 1.84. The van der Waals surface area contributed by atoms with Gasteiger partial charge in [-0.25, -0.2) is 0 Å². The number of methoxy groups -OCH3 is 1. The van der Waals surface area contributed by atoms with Crippen molar-refractivity contribution < 1.29 is 9.53 Å². The topological polar surface area (TPSA) is 26.3 Å². The van der Waals surface area contributed by atoms with Crippen molar-refractivity contribution in [1.29, 1.82) is 0 Å². The van der Waals surface area contributed by atoms with Crippen LogP contribution in [0.2, 0.25) is 0 Å². The molecule has 2 nitrogen and oxygen atoms in total. The highest BCUT2D eigenvalue weighted by molar-refractivity contribution is 6.00. The van der Waals surface area contributed by atoms with Crippen molar-refractivity contribution in [1.82, 2.24) is 0 Å². The molecule has 0 aromatic heterocycles. The van der Waals surface area contributed by atoms with Crippen molar-refractivity contribution >= 4 is 5.78 Å². The SMILES string of the molecule is CCCC(C)C(=O)c1cc(C)ccc1OC. The molecule has 0 radical (unpaired) electrons. The van der Waals surface area contributed by atoms with E-state index >= 15 is 0 Å². The molecule has 0 aliphatic carbocycles. The molecule has 0 saturated carbocycles. The Hall–Kier alpha value is -1.31. The van der Waals surface area contributed by atoms with Crippen molar-refractivity contribution in [2.45, 2.75) is 33.6 Å². The van der Waals surface area contributed by atoms with Gasteiger partial charge in [-0.15, -0.1) is 0 Å². The van der Waals surface area contributed by atoms with E-state index in [2.05, 4.69) is 6.92 Å². The maximum Gasteiger partial charge on any atom is 0.169 e. The molecule has 0 spiro atoms. The van der Waals surface area contributed by atoms with Crippen LogP contribution >= 0.6 is 0 Å². The molecule has 0 bridgehead atoms. The van der Waals surface area contributed by atoms with E-state index in [4.69, 9.17) is 4.74 Å². The van der Waals surface area contributed by atoms with Crippen molar-refractivity contribution in [2.75, 3.05) is 7.11 Å². The minimum atomic E-state index is 0.0701. The van der Waals surface area contributed by atoms with Gasteiger partial charge in [0.15, 0.2) is 5.78 Å². The van der Waals surface area contributed by atoms with Crippen molar-refractivity contribution in [3.05, 3.63) is 29.3 Å². The summed E-state index contributed by atoms with van der Waals surface area (Å²) in [6.07, 6.45) is 1.96. The lowest BCUT2D eigenvalue weighted by atomic mass is 9.94. The number of carbonyl (C=O) groups is 1. The van der Waals surface area contributed by atoms with Crippen molar-refractivity contribution in [2.24, 2.45) is 5.92 Å². The van der Waals surface area contributed by atoms with Crippen LogP contribution in [-0.2, 0) is 0 Å². The zero-order chi connectivity index (χ0) is 12.1. The van der Waals surface area contributed by atoms with Crippen LogP contribution in [-0.4, -0.2) is 12.9 Å². The van der Waals surface area contributed by atoms with Crippen molar-refractivity contribution in [3.63, 3.8) is 0 Å². The molecule has 1 aromatic carbocycles. The summed E-state index contributed by atoms with van der Waals surface area (Å²) in [6.45, 7) is 6.06. The fraction of sp³-hybridized carbons (Fsp3) is 0.500. The minimum Gasteiger partial charge on any atom is -0.496 e. The number of ether oxygens (including phenoxy) is 1. The Morgan fingerprint density at radius 1 is 1.44 bits per heavy atom. The van der Waals surface area contributed by atoms with E-state index in [1.807, 2.05) is 32.0 Å². The highest BCUT2D eigenvalue weighted by Gasteiger charge is 2.18. The zero-order valence-corrected chi connectivity index (χ0v) is 10.5. The van der Waals surface area contributed by atoms with E-state index in [1.165, 1.54) is 0 Å². The van der Waals surface area contributed by atoms with E-state index in [1.54, 1.807) is 7.11 Å². The molecule has 0 N–H and O–H groups in total. The van der Waals surface area contributed by atoms with Gasteiger partial charge in [-0.1, -0.05) is 31.9 Å². The molecule has 1 unspecified atom stereocenters. The third kappa shape index (κ3) is 2.84. The normalized spacial score (nSPS) is 12.2. The van der Waals surface area contributed by atoms with Gasteiger partial charge < -0.3 is 4.74 Å². The lowest BCUT2D eigenvalue weighted by Crippen LogP contribution is -2.12. The van der Waals surface area contributed by atoms with Crippen LogP contribution in [0.5, 0.6) is 5.75 Å². The molecule has 1 rings (SSSR count). The maximum atomic E-state index is 12.2. The molecule has 0 aliphatic heterocycles. The van der Waals surface area contributed by atoms with Crippen molar-refractivity contribution in [3.8, 4) is 5.75 Å². The first-order valence-corrected chi connectivity index (χ1v) is 5.79. The molecule has 2 heteroatoms. The van der Waals surface area contributed by atoms with Gasteiger partial charge >= 0.3 is 0 Å². The van der Waals surface area contributed by atoms with Crippen LogP contribution in [0.15, 0.2) is 18.2 Å². The quantitative estimate of drug-likeness (QED) is 0.708. The number of benzene rings is 1. The predicted molar refractivity (Wildman–Crippen MR) is 66.1 cm³/mol. The summed E-state index contributed by atoms with van der Waals surface area (Å²) in [5.74, 6) is 0.932. The number of ketones is 1. The second kappa shape index (κ2) is 5.69. The highest BCUT2D eigenvalue weighted by atomic mass is 16.5. The van der Waals surface area contributed by atoms with Gasteiger partial charge in [0.1, 0.15) is 5.75 Å². The van der Waals surface area contributed by atoms with E-state index in [0.29, 0.717) is 11.3 Å². The number of rotatable bonds is 5. The van der Waals surface area contributed by atoms with Crippen LogP contribution in [0.1, 0.15) is 42.6 Å². The van der Waals surface area contributed by atoms with Gasteiger partial charge in [0.25, 0.3) is 0 Å². The maximum absolute atomic E-state index is 12.2. The summed E-state index contributed by atoms with van der Waals surface area (Å²) >= 11 is 0. The van der Waals surface area contributed by atoms with Crippen LogP contribution in [0.4, 0.5) is 0 Å². The summed E-state index contributed by atoms with van der Waals surface area (Å²) in [5.41, 5.74) is 1.80. The summed E-state index contributed by atoms with van der Waals surface area (Å²) in [7, 11) is 1.60. The summed E-state index contributed by atoms with van der Waals surface area (Å²) < 4.78 is 5.23. The monoisotopic (exact) mass is 220 g/mol. The molecule has 1 atom stereocenters. The number of hydrogen-bond donors (Lipinski definition) is 0. The Bertz CT molecular complexity index is 369. The Morgan fingerprint density at radius 2 is 2.12 bits per heavy atom. The average Bonchev–Trinajstić information content (AvgIpc) is 2.28. The first kappa shape index (κ1) is 12.8. The highest BCUT2D eigenvalue weighted by Crippen LogP contribution is 2.24. The van der Waals surface area contributed by atoms with E-state index in [9.17, 15) is 4.79 Å². The molecular weight excluding hydrogens is 200 g/mol. The Labute approximate surface area is 97.6 Å². The molecule has 0 fully saturated rings. The standard InChI is InChI=1S/C14H20O2/c1-5-6-11(3)14(15)12-9-10(2)7-8-13(12)16-4/h7-9,11H,5-6H2,1-4H3. The molecule has 0 amide bonds. The smallest absolute Gasteiger partial charge is 0.169 e. The van der Waals surface area contributed by atoms with E-state index in [0.717, 1.165) is 18.4 Å². The Morgan fingerprint density at radius 3 is 2.69 bits per heavy atom. The largest absolute Gasteiger partial charge is 0.496 e.